The summed E-state index contributed by atoms with van der Waals surface area (Å²) >= 11 is 0. The van der Waals surface area contributed by atoms with Crippen molar-refractivity contribution in [2.75, 3.05) is 6.54 Å². The maximum absolute atomic E-state index is 4.26. The van der Waals surface area contributed by atoms with Gasteiger partial charge in [-0.05, 0) is 56.2 Å². The third-order valence-corrected chi connectivity index (χ3v) is 4.38. The predicted molar refractivity (Wildman–Crippen MR) is 69.9 cm³/mol. The fourth-order valence-corrected chi connectivity index (χ4v) is 3.31. The maximum atomic E-state index is 4.26. The summed E-state index contributed by atoms with van der Waals surface area (Å²) in [5, 5.41) is 3.88. The van der Waals surface area contributed by atoms with Crippen molar-refractivity contribution in [2.45, 2.75) is 50.5 Å². The third kappa shape index (κ3) is 2.52. The van der Waals surface area contributed by atoms with Gasteiger partial charge in [-0.15, -0.1) is 0 Å². The maximum Gasteiger partial charge on any atom is 0.0300 e. The zero-order valence-electron chi connectivity index (χ0n) is 10.5. The molecule has 1 aliphatic carbocycles. The Balaban J connectivity index is 1.79. The molecule has 2 heterocycles. The topological polar surface area (TPSA) is 24.9 Å². The Bertz CT molecular complexity index is 348. The molecule has 1 aliphatic heterocycles. The molecule has 17 heavy (non-hydrogen) atoms. The fourth-order valence-electron chi connectivity index (χ4n) is 3.31. The van der Waals surface area contributed by atoms with Crippen LogP contribution < -0.4 is 5.32 Å². The van der Waals surface area contributed by atoms with E-state index in [-0.39, 0.29) is 0 Å². The molecule has 0 amide bonds. The molecule has 0 bridgehead atoms. The van der Waals surface area contributed by atoms with Gasteiger partial charge in [-0.25, -0.2) is 0 Å². The molecule has 1 saturated carbocycles. The number of hydrogen-bond acceptors (Lipinski definition) is 2. The van der Waals surface area contributed by atoms with Crippen LogP contribution in [0.5, 0.6) is 0 Å². The molecule has 2 heteroatoms. The molecule has 1 atom stereocenters. The predicted octanol–water partition coefficient (Wildman–Crippen LogP) is 2.94. The first kappa shape index (κ1) is 11.2. The average molecular weight is 230 g/mol. The van der Waals surface area contributed by atoms with Crippen LogP contribution in [0.3, 0.4) is 0 Å². The first-order valence-corrected chi connectivity index (χ1v) is 7.03. The molecule has 0 radical (unpaired) electrons. The van der Waals surface area contributed by atoms with Gasteiger partial charge in [-0.2, -0.15) is 0 Å². The van der Waals surface area contributed by atoms with Crippen molar-refractivity contribution in [1.82, 2.24) is 10.3 Å². The highest BCUT2D eigenvalue weighted by Gasteiger charge is 2.44. The molecule has 2 nitrogen and oxygen atoms in total. The molecule has 1 aromatic heterocycles. The van der Waals surface area contributed by atoms with E-state index in [4.69, 9.17) is 0 Å². The van der Waals surface area contributed by atoms with Crippen molar-refractivity contribution in [2.24, 2.45) is 5.92 Å². The molecular weight excluding hydrogens is 208 g/mol. The van der Waals surface area contributed by atoms with Gasteiger partial charge in [0, 0.05) is 17.9 Å². The van der Waals surface area contributed by atoms with E-state index in [1.54, 1.807) is 0 Å². The molecule has 1 N–H and O–H groups in total. The highest BCUT2D eigenvalue weighted by molar-refractivity contribution is 5.16. The third-order valence-electron chi connectivity index (χ3n) is 4.38. The summed E-state index contributed by atoms with van der Waals surface area (Å²) in [6.45, 7) is 1.21. The van der Waals surface area contributed by atoms with Crippen LogP contribution in [-0.4, -0.2) is 17.1 Å². The van der Waals surface area contributed by atoms with Crippen LogP contribution in [0.15, 0.2) is 24.5 Å². The molecular formula is C15H22N2. The summed E-state index contributed by atoms with van der Waals surface area (Å²) in [6.07, 6.45) is 13.4. The lowest BCUT2D eigenvalue weighted by Gasteiger charge is -2.34. The Kier molecular flexibility index (Phi) is 3.15. The van der Waals surface area contributed by atoms with Crippen molar-refractivity contribution in [1.29, 1.82) is 0 Å². The number of rotatable bonds is 3. The van der Waals surface area contributed by atoms with E-state index in [0.29, 0.717) is 5.54 Å². The van der Waals surface area contributed by atoms with Crippen LogP contribution in [0, 0.1) is 5.92 Å². The van der Waals surface area contributed by atoms with Crippen LogP contribution in [0.1, 0.15) is 44.1 Å². The lowest BCUT2D eigenvalue weighted by molar-refractivity contribution is 0.270. The quantitative estimate of drug-likeness (QED) is 0.863. The highest BCUT2D eigenvalue weighted by Crippen LogP contribution is 2.45. The van der Waals surface area contributed by atoms with Gasteiger partial charge in [-0.1, -0.05) is 18.9 Å². The summed E-state index contributed by atoms with van der Waals surface area (Å²) in [5.41, 5.74) is 1.79. The van der Waals surface area contributed by atoms with Gasteiger partial charge in [0.2, 0.25) is 0 Å². The Hall–Kier alpha value is -0.890. The lowest BCUT2D eigenvalue weighted by Crippen LogP contribution is -2.48. The Morgan fingerprint density at radius 3 is 3.00 bits per heavy atom. The van der Waals surface area contributed by atoms with Crippen molar-refractivity contribution in [3.05, 3.63) is 30.1 Å². The SMILES string of the molecule is c1cncc(CC2(C3CC3)CCCCCN2)c1. The van der Waals surface area contributed by atoms with E-state index in [2.05, 4.69) is 22.4 Å². The molecule has 0 spiro atoms. The summed E-state index contributed by atoms with van der Waals surface area (Å²) in [6, 6.07) is 4.29. The normalized spacial score (nSPS) is 29.9. The minimum Gasteiger partial charge on any atom is -0.311 e. The van der Waals surface area contributed by atoms with Gasteiger partial charge in [0.25, 0.3) is 0 Å². The van der Waals surface area contributed by atoms with E-state index >= 15 is 0 Å². The summed E-state index contributed by atoms with van der Waals surface area (Å²) < 4.78 is 0. The number of nitrogens with one attached hydrogen (secondary N) is 1. The van der Waals surface area contributed by atoms with Crippen LogP contribution in [-0.2, 0) is 6.42 Å². The molecule has 3 rings (SSSR count). The van der Waals surface area contributed by atoms with Gasteiger partial charge in [0.05, 0.1) is 0 Å². The summed E-state index contributed by atoms with van der Waals surface area (Å²) in [7, 11) is 0. The van der Waals surface area contributed by atoms with Gasteiger partial charge in [-0.3, -0.25) is 4.98 Å². The van der Waals surface area contributed by atoms with Gasteiger partial charge >= 0.3 is 0 Å². The second kappa shape index (κ2) is 4.77. The first-order valence-electron chi connectivity index (χ1n) is 7.03. The van der Waals surface area contributed by atoms with Crippen molar-refractivity contribution in [3.8, 4) is 0 Å². The summed E-state index contributed by atoms with van der Waals surface area (Å²) in [4.78, 5) is 4.26. The first-order chi connectivity index (χ1) is 8.39. The van der Waals surface area contributed by atoms with Gasteiger partial charge < -0.3 is 5.32 Å². The van der Waals surface area contributed by atoms with Crippen molar-refractivity contribution >= 4 is 0 Å². The van der Waals surface area contributed by atoms with E-state index in [1.807, 2.05) is 12.4 Å². The molecule has 2 aliphatic rings. The lowest BCUT2D eigenvalue weighted by atomic mass is 9.82. The Morgan fingerprint density at radius 1 is 1.29 bits per heavy atom. The number of aromatic nitrogens is 1. The van der Waals surface area contributed by atoms with Crippen LogP contribution in [0.25, 0.3) is 0 Å². The van der Waals surface area contributed by atoms with E-state index in [1.165, 1.54) is 57.1 Å². The monoisotopic (exact) mass is 230 g/mol. The standard InChI is InChI=1S/C15H22N2/c1-2-8-15(14-6-7-14,17-10-3-1)11-13-5-4-9-16-12-13/h4-5,9,12,14,17H,1-3,6-8,10-11H2. The van der Waals surface area contributed by atoms with E-state index < -0.39 is 0 Å². The van der Waals surface area contributed by atoms with Crippen molar-refractivity contribution < 1.29 is 0 Å². The molecule has 1 unspecified atom stereocenters. The molecule has 0 aromatic carbocycles. The number of nitrogens with zero attached hydrogens (tertiary/aromatic N) is 1. The van der Waals surface area contributed by atoms with Crippen LogP contribution >= 0.6 is 0 Å². The molecule has 1 saturated heterocycles. The zero-order valence-corrected chi connectivity index (χ0v) is 10.5. The minimum atomic E-state index is 0.388. The smallest absolute Gasteiger partial charge is 0.0300 e. The second-order valence-electron chi connectivity index (χ2n) is 5.71. The number of hydrogen-bond donors (Lipinski definition) is 1. The molecule has 1 aromatic rings. The Morgan fingerprint density at radius 2 is 2.24 bits per heavy atom. The average Bonchev–Trinajstić information content (AvgIpc) is 3.18. The van der Waals surface area contributed by atoms with Crippen molar-refractivity contribution in [3.63, 3.8) is 0 Å². The van der Waals surface area contributed by atoms with E-state index in [9.17, 15) is 0 Å². The van der Waals surface area contributed by atoms with Crippen LogP contribution in [0.2, 0.25) is 0 Å². The highest BCUT2D eigenvalue weighted by atomic mass is 15.0. The second-order valence-corrected chi connectivity index (χ2v) is 5.71. The Labute approximate surface area is 104 Å². The fraction of sp³-hybridized carbons (Fsp3) is 0.667. The number of pyridine rings is 1. The molecule has 2 fully saturated rings. The summed E-state index contributed by atoms with van der Waals surface area (Å²) in [5.74, 6) is 0.917. The van der Waals surface area contributed by atoms with E-state index in [0.717, 1.165) is 5.92 Å². The van der Waals surface area contributed by atoms with Gasteiger partial charge in [0.15, 0.2) is 0 Å². The largest absolute Gasteiger partial charge is 0.311 e. The molecule has 92 valence electrons. The van der Waals surface area contributed by atoms with Gasteiger partial charge in [0.1, 0.15) is 0 Å². The zero-order chi connectivity index (χ0) is 11.6. The minimum absolute atomic E-state index is 0.388. The van der Waals surface area contributed by atoms with Crippen LogP contribution in [0.4, 0.5) is 0 Å².